The number of aliphatic carboxylic acids is 1. The van der Waals surface area contributed by atoms with Crippen LogP contribution in [0.3, 0.4) is 0 Å². The van der Waals surface area contributed by atoms with E-state index in [1.807, 2.05) is 0 Å². The van der Waals surface area contributed by atoms with E-state index in [1.54, 1.807) is 0 Å². The summed E-state index contributed by atoms with van der Waals surface area (Å²) in [5.41, 5.74) is 0. The van der Waals surface area contributed by atoms with E-state index < -0.39 is 5.97 Å². The maximum Gasteiger partial charge on any atom is 0.304 e. The van der Waals surface area contributed by atoms with Gasteiger partial charge >= 0.3 is 5.97 Å². The van der Waals surface area contributed by atoms with Crippen molar-refractivity contribution in [3.05, 3.63) is 0 Å². The van der Waals surface area contributed by atoms with Crippen LogP contribution in [0.5, 0.6) is 0 Å². The molecule has 0 unspecified atom stereocenters. The summed E-state index contributed by atoms with van der Waals surface area (Å²) < 4.78 is 0. The predicted octanol–water partition coefficient (Wildman–Crippen LogP) is 4.31. The van der Waals surface area contributed by atoms with E-state index in [-0.39, 0.29) is 6.42 Å². The highest BCUT2D eigenvalue weighted by Crippen LogP contribution is 2.10. The number of carbonyl (C=O) groups is 1. The van der Waals surface area contributed by atoms with Crippen LogP contribution in [0.15, 0.2) is 0 Å². The molecule has 0 saturated heterocycles. The number of hydrogen-bond acceptors (Lipinski definition) is 2. The van der Waals surface area contributed by atoms with Crippen molar-refractivity contribution in [2.75, 3.05) is 13.1 Å². The third kappa shape index (κ3) is 12.2. The lowest BCUT2D eigenvalue weighted by Gasteiger charge is -2.25. The maximum absolute atomic E-state index is 10.6. The third-order valence-corrected chi connectivity index (χ3v) is 3.64. The molecule has 0 rings (SSSR count). The van der Waals surface area contributed by atoms with Gasteiger partial charge in [-0.25, -0.2) is 0 Å². The normalized spacial score (nSPS) is 11.4. The monoisotopic (exact) mass is 271 g/mol. The molecule has 1 N–H and O–H groups in total. The second-order valence-electron chi connectivity index (χ2n) is 5.75. The number of rotatable bonds is 13. The summed E-state index contributed by atoms with van der Waals surface area (Å²) in [6.07, 6.45) is 10.9. The molecular weight excluding hydrogens is 238 g/mol. The van der Waals surface area contributed by atoms with Crippen molar-refractivity contribution in [3.8, 4) is 0 Å². The molecule has 0 spiro atoms. The molecule has 0 bridgehead atoms. The Kier molecular flexibility index (Phi) is 12.1. The molecular formula is C16H33NO2. The largest absolute Gasteiger partial charge is 0.481 e. The van der Waals surface area contributed by atoms with E-state index in [1.165, 1.54) is 51.4 Å². The Labute approximate surface area is 119 Å². The van der Waals surface area contributed by atoms with Gasteiger partial charge in [-0.05, 0) is 26.8 Å². The van der Waals surface area contributed by atoms with E-state index in [4.69, 9.17) is 5.11 Å². The summed E-state index contributed by atoms with van der Waals surface area (Å²) in [5, 5.41) is 8.73. The lowest BCUT2D eigenvalue weighted by Crippen LogP contribution is -2.33. The molecule has 19 heavy (non-hydrogen) atoms. The Hall–Kier alpha value is -0.570. The molecule has 0 aliphatic rings. The van der Waals surface area contributed by atoms with E-state index in [0.29, 0.717) is 12.6 Å². The van der Waals surface area contributed by atoms with Crippen LogP contribution in [0.25, 0.3) is 0 Å². The Morgan fingerprint density at radius 3 is 1.95 bits per heavy atom. The fourth-order valence-electron chi connectivity index (χ4n) is 2.32. The molecule has 3 heteroatoms. The first-order valence-electron chi connectivity index (χ1n) is 8.03. The first kappa shape index (κ1) is 18.4. The van der Waals surface area contributed by atoms with Gasteiger partial charge in [0.15, 0.2) is 0 Å². The fraction of sp³-hybridized carbons (Fsp3) is 0.938. The summed E-state index contributed by atoms with van der Waals surface area (Å²) in [4.78, 5) is 12.9. The van der Waals surface area contributed by atoms with Gasteiger partial charge in [-0.1, -0.05) is 51.9 Å². The Balaban J connectivity index is 3.51. The van der Waals surface area contributed by atoms with Crippen LogP contribution in [-0.4, -0.2) is 35.1 Å². The highest BCUT2D eigenvalue weighted by molar-refractivity contribution is 5.66. The number of hydrogen-bond donors (Lipinski definition) is 1. The highest BCUT2D eigenvalue weighted by atomic mass is 16.4. The first-order valence-corrected chi connectivity index (χ1v) is 8.03. The van der Waals surface area contributed by atoms with Gasteiger partial charge in [0.05, 0.1) is 6.42 Å². The number of unbranched alkanes of at least 4 members (excludes halogenated alkanes) is 7. The Morgan fingerprint density at radius 2 is 1.47 bits per heavy atom. The van der Waals surface area contributed by atoms with Gasteiger partial charge in [0.2, 0.25) is 0 Å². The molecule has 0 atom stereocenters. The topological polar surface area (TPSA) is 40.5 Å². The summed E-state index contributed by atoms with van der Waals surface area (Å²) >= 11 is 0. The quantitative estimate of drug-likeness (QED) is 0.507. The fourth-order valence-corrected chi connectivity index (χ4v) is 2.32. The summed E-state index contributed by atoms with van der Waals surface area (Å²) in [5.74, 6) is -0.693. The van der Waals surface area contributed by atoms with Crippen molar-refractivity contribution in [2.24, 2.45) is 0 Å². The molecule has 0 aliphatic carbocycles. The molecule has 0 amide bonds. The van der Waals surface area contributed by atoms with E-state index in [9.17, 15) is 4.79 Å². The van der Waals surface area contributed by atoms with Crippen molar-refractivity contribution < 1.29 is 9.90 Å². The lowest BCUT2D eigenvalue weighted by molar-refractivity contribution is -0.137. The zero-order valence-corrected chi connectivity index (χ0v) is 13.2. The first-order chi connectivity index (χ1) is 9.07. The molecule has 0 saturated carbocycles. The molecule has 0 aromatic heterocycles. The average Bonchev–Trinajstić information content (AvgIpc) is 2.35. The zero-order chi connectivity index (χ0) is 14.5. The van der Waals surface area contributed by atoms with Crippen molar-refractivity contribution in [3.63, 3.8) is 0 Å². The van der Waals surface area contributed by atoms with Crippen LogP contribution in [0, 0.1) is 0 Å². The predicted molar refractivity (Wildman–Crippen MR) is 81.6 cm³/mol. The van der Waals surface area contributed by atoms with Gasteiger partial charge in [0.1, 0.15) is 0 Å². The molecule has 0 radical (unpaired) electrons. The zero-order valence-electron chi connectivity index (χ0n) is 13.2. The van der Waals surface area contributed by atoms with Crippen molar-refractivity contribution in [1.29, 1.82) is 0 Å². The molecule has 0 fully saturated rings. The molecule has 3 nitrogen and oxygen atoms in total. The smallest absolute Gasteiger partial charge is 0.304 e. The molecule has 0 aromatic rings. The SMILES string of the molecule is CCCCCCCCCCN(CCC(=O)O)C(C)C. The minimum atomic E-state index is -0.693. The van der Waals surface area contributed by atoms with Gasteiger partial charge in [-0.15, -0.1) is 0 Å². The summed E-state index contributed by atoms with van der Waals surface area (Å²) in [7, 11) is 0. The number of carboxylic acid groups (broad SMARTS) is 1. The number of nitrogens with zero attached hydrogens (tertiary/aromatic N) is 1. The average molecular weight is 271 g/mol. The van der Waals surface area contributed by atoms with E-state index in [2.05, 4.69) is 25.7 Å². The number of carboxylic acids is 1. The molecule has 114 valence electrons. The van der Waals surface area contributed by atoms with Gasteiger partial charge in [0, 0.05) is 12.6 Å². The Morgan fingerprint density at radius 1 is 0.947 bits per heavy atom. The van der Waals surface area contributed by atoms with Crippen LogP contribution < -0.4 is 0 Å². The maximum atomic E-state index is 10.6. The van der Waals surface area contributed by atoms with Crippen molar-refractivity contribution >= 4 is 5.97 Å². The summed E-state index contributed by atoms with van der Waals surface area (Å²) in [6.45, 7) is 8.26. The van der Waals surface area contributed by atoms with Crippen LogP contribution in [0.2, 0.25) is 0 Å². The van der Waals surface area contributed by atoms with E-state index in [0.717, 1.165) is 6.54 Å². The van der Waals surface area contributed by atoms with Crippen LogP contribution >= 0.6 is 0 Å². The third-order valence-electron chi connectivity index (χ3n) is 3.64. The molecule has 0 heterocycles. The second-order valence-corrected chi connectivity index (χ2v) is 5.75. The van der Waals surface area contributed by atoms with Crippen molar-refractivity contribution in [2.45, 2.75) is 84.6 Å². The van der Waals surface area contributed by atoms with Crippen LogP contribution in [-0.2, 0) is 4.79 Å². The molecule has 0 aliphatic heterocycles. The standard InChI is InChI=1S/C16H33NO2/c1-4-5-6-7-8-9-10-11-13-17(15(2)3)14-12-16(18)19/h15H,4-14H2,1-3H3,(H,18,19). The second kappa shape index (κ2) is 12.5. The minimum absolute atomic E-state index is 0.259. The van der Waals surface area contributed by atoms with Gasteiger partial charge in [-0.3, -0.25) is 4.79 Å². The van der Waals surface area contributed by atoms with Crippen LogP contribution in [0.1, 0.15) is 78.6 Å². The summed E-state index contributed by atoms with van der Waals surface area (Å²) in [6, 6.07) is 0.448. The van der Waals surface area contributed by atoms with Crippen molar-refractivity contribution in [1.82, 2.24) is 4.90 Å². The highest BCUT2D eigenvalue weighted by Gasteiger charge is 2.10. The van der Waals surface area contributed by atoms with Gasteiger partial charge in [-0.2, -0.15) is 0 Å². The van der Waals surface area contributed by atoms with Crippen LogP contribution in [0.4, 0.5) is 0 Å². The van der Waals surface area contributed by atoms with Gasteiger partial charge in [0.25, 0.3) is 0 Å². The minimum Gasteiger partial charge on any atom is -0.481 e. The van der Waals surface area contributed by atoms with E-state index >= 15 is 0 Å². The lowest BCUT2D eigenvalue weighted by atomic mass is 10.1. The Bertz CT molecular complexity index is 217. The van der Waals surface area contributed by atoms with Gasteiger partial charge < -0.3 is 10.0 Å². The molecule has 0 aromatic carbocycles.